The lowest BCUT2D eigenvalue weighted by atomic mass is 10.1. The fourth-order valence-electron chi connectivity index (χ4n) is 2.30. The third kappa shape index (κ3) is 4.90. The number of thiazole rings is 1. The Morgan fingerprint density at radius 2 is 2.00 bits per heavy atom. The Balaban J connectivity index is 1.48. The van der Waals surface area contributed by atoms with Crippen LogP contribution in [-0.4, -0.2) is 42.3 Å². The summed E-state index contributed by atoms with van der Waals surface area (Å²) in [5, 5.41) is 0. The van der Waals surface area contributed by atoms with Crippen LogP contribution in [0.3, 0.4) is 0 Å². The van der Waals surface area contributed by atoms with Crippen LogP contribution in [0.15, 0.2) is 48.4 Å². The van der Waals surface area contributed by atoms with E-state index in [4.69, 9.17) is 9.47 Å². The first-order valence-electron chi connectivity index (χ1n) is 7.91. The highest BCUT2D eigenvalue weighted by atomic mass is 32.1. The molecule has 3 rings (SSSR count). The lowest BCUT2D eigenvalue weighted by molar-refractivity contribution is 0.325. The van der Waals surface area contributed by atoms with Gasteiger partial charge in [0.15, 0.2) is 0 Å². The number of aromatic nitrogens is 3. The molecular weight excluding hydrogens is 336 g/mol. The molecule has 0 atom stereocenters. The van der Waals surface area contributed by atoms with Crippen molar-refractivity contribution in [3.63, 3.8) is 0 Å². The number of hydrogen-bond donors (Lipinski definition) is 0. The molecule has 6 nitrogen and oxygen atoms in total. The van der Waals surface area contributed by atoms with Crippen molar-refractivity contribution >= 4 is 17.2 Å². The second-order valence-corrected chi connectivity index (χ2v) is 6.45. The second-order valence-electron chi connectivity index (χ2n) is 5.48. The lowest BCUT2D eigenvalue weighted by Gasteiger charge is -2.18. The minimum atomic E-state index is 0.550. The molecule has 0 aliphatic carbocycles. The van der Waals surface area contributed by atoms with Crippen molar-refractivity contribution in [2.24, 2.45) is 0 Å². The zero-order valence-corrected chi connectivity index (χ0v) is 15.1. The lowest BCUT2D eigenvalue weighted by Crippen LogP contribution is -2.24. The van der Waals surface area contributed by atoms with Gasteiger partial charge in [-0.2, -0.15) is 0 Å². The van der Waals surface area contributed by atoms with Crippen LogP contribution in [0.5, 0.6) is 11.6 Å². The standard InChI is InChI=1S/C18H20N4O2S/c1-22(17-10-18(23-2)21-12-20-17)7-8-24-15-5-3-14(4-6-15)9-16-11-19-13-25-16/h3-6,10-13H,7-9H2,1-2H3. The molecule has 0 bridgehead atoms. The number of rotatable bonds is 8. The minimum Gasteiger partial charge on any atom is -0.492 e. The molecule has 3 aromatic rings. The van der Waals surface area contributed by atoms with Gasteiger partial charge in [0.25, 0.3) is 0 Å². The van der Waals surface area contributed by atoms with Gasteiger partial charge in [0, 0.05) is 30.6 Å². The predicted molar refractivity (Wildman–Crippen MR) is 98.7 cm³/mol. The molecule has 2 heterocycles. The van der Waals surface area contributed by atoms with E-state index in [-0.39, 0.29) is 0 Å². The molecule has 0 aliphatic rings. The quantitative estimate of drug-likeness (QED) is 0.618. The maximum atomic E-state index is 5.82. The normalized spacial score (nSPS) is 10.5. The van der Waals surface area contributed by atoms with Crippen LogP contribution in [0.25, 0.3) is 0 Å². The molecule has 0 saturated carbocycles. The monoisotopic (exact) mass is 356 g/mol. The van der Waals surface area contributed by atoms with E-state index in [1.165, 1.54) is 16.8 Å². The summed E-state index contributed by atoms with van der Waals surface area (Å²) in [5.74, 6) is 2.21. The van der Waals surface area contributed by atoms with Gasteiger partial charge in [-0.25, -0.2) is 9.97 Å². The van der Waals surface area contributed by atoms with Gasteiger partial charge >= 0.3 is 0 Å². The van der Waals surface area contributed by atoms with Gasteiger partial charge in [0.2, 0.25) is 5.88 Å². The summed E-state index contributed by atoms with van der Waals surface area (Å²) < 4.78 is 10.9. The molecule has 0 saturated heterocycles. The SMILES string of the molecule is COc1cc(N(C)CCOc2ccc(Cc3cncs3)cc2)ncn1. The van der Waals surface area contributed by atoms with Crippen LogP contribution in [0, 0.1) is 0 Å². The number of benzene rings is 1. The number of methoxy groups -OCH3 is 1. The van der Waals surface area contributed by atoms with Crippen LogP contribution in [0.2, 0.25) is 0 Å². The summed E-state index contributed by atoms with van der Waals surface area (Å²) in [6.45, 7) is 1.28. The number of anilines is 1. The van der Waals surface area contributed by atoms with Crippen molar-refractivity contribution in [2.45, 2.75) is 6.42 Å². The van der Waals surface area contributed by atoms with Gasteiger partial charge < -0.3 is 14.4 Å². The van der Waals surface area contributed by atoms with Crippen LogP contribution in [0.1, 0.15) is 10.4 Å². The molecule has 0 amide bonds. The van der Waals surface area contributed by atoms with Crippen LogP contribution < -0.4 is 14.4 Å². The molecule has 0 unspecified atom stereocenters. The van der Waals surface area contributed by atoms with Crippen molar-refractivity contribution in [2.75, 3.05) is 32.2 Å². The Hall–Kier alpha value is -2.67. The van der Waals surface area contributed by atoms with E-state index in [9.17, 15) is 0 Å². The first kappa shape index (κ1) is 17.2. The molecule has 1 aromatic carbocycles. The molecule has 7 heteroatoms. The molecule has 0 aliphatic heterocycles. The zero-order valence-electron chi connectivity index (χ0n) is 14.3. The van der Waals surface area contributed by atoms with E-state index in [1.54, 1.807) is 24.5 Å². The number of nitrogens with zero attached hydrogens (tertiary/aromatic N) is 4. The van der Waals surface area contributed by atoms with E-state index < -0.39 is 0 Å². The van der Waals surface area contributed by atoms with Gasteiger partial charge in [-0.15, -0.1) is 11.3 Å². The summed E-state index contributed by atoms with van der Waals surface area (Å²) in [6, 6.07) is 9.99. The van der Waals surface area contributed by atoms with E-state index in [0.717, 1.165) is 18.0 Å². The van der Waals surface area contributed by atoms with Crippen LogP contribution >= 0.6 is 11.3 Å². The Bertz CT molecular complexity index is 778. The maximum Gasteiger partial charge on any atom is 0.218 e. The fraction of sp³-hybridized carbons (Fsp3) is 0.278. The van der Waals surface area contributed by atoms with Gasteiger partial charge in [0.1, 0.15) is 24.5 Å². The summed E-state index contributed by atoms with van der Waals surface area (Å²) in [7, 11) is 3.55. The van der Waals surface area contributed by atoms with Gasteiger partial charge in [-0.05, 0) is 17.7 Å². The first-order chi connectivity index (χ1) is 12.2. The molecule has 25 heavy (non-hydrogen) atoms. The average Bonchev–Trinajstić information content (AvgIpc) is 3.16. The molecule has 0 spiro atoms. The van der Waals surface area contributed by atoms with Crippen molar-refractivity contribution in [3.8, 4) is 11.6 Å². The molecule has 0 radical (unpaired) electrons. The van der Waals surface area contributed by atoms with Crippen molar-refractivity contribution in [1.82, 2.24) is 15.0 Å². The molecule has 130 valence electrons. The molecular formula is C18H20N4O2S. The van der Waals surface area contributed by atoms with Gasteiger partial charge in [0.05, 0.1) is 19.2 Å². The summed E-state index contributed by atoms with van der Waals surface area (Å²) >= 11 is 1.67. The Kier molecular flexibility index (Phi) is 5.79. The van der Waals surface area contributed by atoms with Crippen LogP contribution in [-0.2, 0) is 6.42 Å². The smallest absolute Gasteiger partial charge is 0.218 e. The predicted octanol–water partition coefficient (Wildman–Crippen LogP) is 3.05. The van der Waals surface area contributed by atoms with Crippen molar-refractivity contribution < 1.29 is 9.47 Å². The summed E-state index contributed by atoms with van der Waals surface area (Å²) in [4.78, 5) is 15.6. The zero-order chi connectivity index (χ0) is 17.5. The third-order valence-corrected chi connectivity index (χ3v) is 4.49. The highest BCUT2D eigenvalue weighted by Crippen LogP contribution is 2.18. The van der Waals surface area contributed by atoms with Gasteiger partial charge in [-0.1, -0.05) is 12.1 Å². The van der Waals surface area contributed by atoms with E-state index in [1.807, 2.05) is 35.8 Å². The number of ether oxygens (including phenoxy) is 2. The molecule has 2 aromatic heterocycles. The number of likely N-dealkylation sites (N-methyl/N-ethyl adjacent to an activating group) is 1. The highest BCUT2D eigenvalue weighted by Gasteiger charge is 2.05. The van der Waals surface area contributed by atoms with E-state index in [0.29, 0.717) is 19.0 Å². The Morgan fingerprint density at radius 3 is 2.72 bits per heavy atom. The van der Waals surface area contributed by atoms with Crippen molar-refractivity contribution in [1.29, 1.82) is 0 Å². The van der Waals surface area contributed by atoms with Crippen molar-refractivity contribution in [3.05, 3.63) is 58.8 Å². The van der Waals surface area contributed by atoms with Crippen LogP contribution in [0.4, 0.5) is 5.82 Å². The maximum absolute atomic E-state index is 5.82. The molecule has 0 N–H and O–H groups in total. The average molecular weight is 356 g/mol. The Morgan fingerprint density at radius 1 is 1.16 bits per heavy atom. The fourth-order valence-corrected chi connectivity index (χ4v) is 2.93. The van der Waals surface area contributed by atoms with Gasteiger partial charge in [-0.3, -0.25) is 4.98 Å². The van der Waals surface area contributed by atoms with E-state index >= 15 is 0 Å². The third-order valence-electron chi connectivity index (χ3n) is 3.71. The summed E-state index contributed by atoms with van der Waals surface area (Å²) in [6.07, 6.45) is 4.31. The first-order valence-corrected chi connectivity index (χ1v) is 8.79. The second kappa shape index (κ2) is 8.43. The largest absolute Gasteiger partial charge is 0.492 e. The minimum absolute atomic E-state index is 0.550. The molecule has 0 fully saturated rings. The highest BCUT2D eigenvalue weighted by molar-refractivity contribution is 7.09. The topological polar surface area (TPSA) is 60.4 Å². The number of hydrogen-bond acceptors (Lipinski definition) is 7. The van der Waals surface area contributed by atoms with E-state index in [2.05, 4.69) is 27.1 Å². The summed E-state index contributed by atoms with van der Waals surface area (Å²) in [5.41, 5.74) is 3.11. The Labute approximate surface area is 151 Å².